The molecule has 2 radical (unpaired) electrons. The fourth-order valence-corrected chi connectivity index (χ4v) is 6.24. The maximum absolute atomic E-state index is 6.39. The Kier molecular flexibility index (Phi) is 8.91. The molecular formula is C29H40BBr. The molecule has 0 aliphatic heterocycles. The highest BCUT2D eigenvalue weighted by molar-refractivity contribution is 9.10. The van der Waals surface area contributed by atoms with E-state index in [1.54, 1.807) is 0 Å². The molecule has 0 fully saturated rings. The summed E-state index contributed by atoms with van der Waals surface area (Å²) in [5.41, 5.74) is 6.84. The van der Waals surface area contributed by atoms with Gasteiger partial charge in [0, 0.05) is 9.89 Å². The van der Waals surface area contributed by atoms with Crippen molar-refractivity contribution in [2.75, 3.05) is 0 Å². The summed E-state index contributed by atoms with van der Waals surface area (Å²) < 4.78 is 1.19. The Bertz CT molecular complexity index is 784. The van der Waals surface area contributed by atoms with E-state index in [0.717, 1.165) is 17.3 Å². The van der Waals surface area contributed by atoms with Crippen LogP contribution in [-0.2, 0) is 5.41 Å². The Balaban J connectivity index is 2.16. The first-order chi connectivity index (χ1) is 15.0. The first kappa shape index (κ1) is 24.6. The van der Waals surface area contributed by atoms with E-state index in [1.807, 2.05) is 0 Å². The van der Waals surface area contributed by atoms with Crippen LogP contribution < -0.4 is 5.46 Å². The third kappa shape index (κ3) is 5.32. The van der Waals surface area contributed by atoms with E-state index in [9.17, 15) is 0 Å². The first-order valence-electron chi connectivity index (χ1n) is 12.7. The number of fused-ring (bicyclic) bond motifs is 3. The van der Waals surface area contributed by atoms with Crippen LogP contribution in [0.3, 0.4) is 0 Å². The van der Waals surface area contributed by atoms with Crippen molar-refractivity contribution in [3.8, 4) is 11.1 Å². The number of unbranched alkanes of at least 4 members (excludes halogenated alkanes) is 2. The second kappa shape index (κ2) is 11.2. The van der Waals surface area contributed by atoms with Crippen LogP contribution in [0.1, 0.15) is 103 Å². The standard InChI is InChI=1S/C29H40BBr/c1-5-9-11-21(7-3)19-29(20-22(8-4)12-10-6-2)27-17-23(30)13-15-25(27)26-16-14-24(31)18-28(26)29/h13-18,21-22H,5-12,19-20H2,1-4H3. The minimum atomic E-state index is 0.0761. The molecule has 1 aliphatic rings. The van der Waals surface area contributed by atoms with Crippen LogP contribution in [0.5, 0.6) is 0 Å². The van der Waals surface area contributed by atoms with Gasteiger partial charge in [-0.25, -0.2) is 0 Å². The van der Waals surface area contributed by atoms with Crippen LogP contribution in [0, 0.1) is 11.8 Å². The van der Waals surface area contributed by atoms with E-state index in [0.29, 0.717) is 0 Å². The summed E-state index contributed by atoms with van der Waals surface area (Å²) in [5, 5.41) is 0. The molecule has 0 N–H and O–H groups in total. The lowest BCUT2D eigenvalue weighted by Crippen LogP contribution is -2.32. The van der Waals surface area contributed by atoms with Crippen molar-refractivity contribution >= 4 is 29.2 Å². The van der Waals surface area contributed by atoms with Crippen molar-refractivity contribution in [3.63, 3.8) is 0 Å². The van der Waals surface area contributed by atoms with E-state index in [4.69, 9.17) is 7.85 Å². The van der Waals surface area contributed by atoms with Crippen LogP contribution in [-0.4, -0.2) is 7.85 Å². The minimum Gasteiger partial charge on any atom is -0.0963 e. The first-order valence-corrected chi connectivity index (χ1v) is 13.5. The van der Waals surface area contributed by atoms with Gasteiger partial charge in [0.1, 0.15) is 7.85 Å². The molecular weight excluding hydrogens is 439 g/mol. The Morgan fingerprint density at radius 1 is 0.774 bits per heavy atom. The fraction of sp³-hybridized carbons (Fsp3) is 0.586. The maximum atomic E-state index is 6.39. The molecule has 0 amide bonds. The van der Waals surface area contributed by atoms with Gasteiger partial charge in [0.2, 0.25) is 0 Å². The number of halogens is 1. The van der Waals surface area contributed by atoms with Gasteiger partial charge in [-0.2, -0.15) is 0 Å². The molecule has 0 aromatic heterocycles. The second-order valence-corrected chi connectivity index (χ2v) is 10.7. The number of hydrogen-bond donors (Lipinski definition) is 0. The molecule has 31 heavy (non-hydrogen) atoms. The molecule has 0 saturated carbocycles. The molecule has 3 rings (SSSR count). The number of rotatable bonds is 12. The van der Waals surface area contributed by atoms with Gasteiger partial charge in [0.15, 0.2) is 0 Å². The molecule has 0 spiro atoms. The molecule has 2 aromatic rings. The highest BCUT2D eigenvalue weighted by atomic mass is 79.9. The SMILES string of the molecule is [B]c1ccc2c(c1)C(CC(CC)CCCC)(CC(CC)CCCC)c1cc(Br)ccc1-2. The van der Waals surface area contributed by atoms with Crippen molar-refractivity contribution in [1.29, 1.82) is 0 Å². The predicted octanol–water partition coefficient (Wildman–Crippen LogP) is 8.72. The molecule has 2 aromatic carbocycles. The third-order valence-electron chi connectivity index (χ3n) is 7.71. The van der Waals surface area contributed by atoms with Gasteiger partial charge in [-0.15, -0.1) is 0 Å². The zero-order valence-electron chi connectivity index (χ0n) is 20.1. The average Bonchev–Trinajstić information content (AvgIpc) is 3.02. The van der Waals surface area contributed by atoms with Crippen LogP contribution in [0.4, 0.5) is 0 Å². The van der Waals surface area contributed by atoms with E-state index >= 15 is 0 Å². The van der Waals surface area contributed by atoms with E-state index in [2.05, 4.69) is 80.0 Å². The zero-order valence-corrected chi connectivity index (χ0v) is 21.7. The van der Waals surface area contributed by atoms with Gasteiger partial charge in [0.05, 0.1) is 0 Å². The lowest BCUT2D eigenvalue weighted by atomic mass is 9.64. The van der Waals surface area contributed by atoms with Gasteiger partial charge in [-0.05, 0) is 59.1 Å². The van der Waals surface area contributed by atoms with Gasteiger partial charge in [0.25, 0.3) is 0 Å². The lowest BCUT2D eigenvalue weighted by molar-refractivity contribution is 0.266. The fourth-order valence-electron chi connectivity index (χ4n) is 5.88. The van der Waals surface area contributed by atoms with Gasteiger partial charge >= 0.3 is 0 Å². The topological polar surface area (TPSA) is 0 Å². The highest BCUT2D eigenvalue weighted by Gasteiger charge is 2.45. The van der Waals surface area contributed by atoms with Crippen molar-refractivity contribution in [2.24, 2.45) is 11.8 Å². The maximum Gasteiger partial charge on any atom is 0.113 e. The smallest absolute Gasteiger partial charge is 0.0963 e. The summed E-state index contributed by atoms with van der Waals surface area (Å²) in [6.45, 7) is 9.41. The predicted molar refractivity (Wildman–Crippen MR) is 142 cm³/mol. The Hall–Kier alpha value is -1.02. The normalized spacial score (nSPS) is 19.1. The van der Waals surface area contributed by atoms with E-state index < -0.39 is 0 Å². The van der Waals surface area contributed by atoms with Crippen LogP contribution in [0.2, 0.25) is 0 Å². The molecule has 1 aliphatic carbocycles. The van der Waals surface area contributed by atoms with E-state index in [-0.39, 0.29) is 5.41 Å². The number of hydrogen-bond acceptors (Lipinski definition) is 0. The van der Waals surface area contributed by atoms with Crippen LogP contribution >= 0.6 is 15.9 Å². The molecule has 2 unspecified atom stereocenters. The highest BCUT2D eigenvalue weighted by Crippen LogP contribution is 2.56. The Morgan fingerprint density at radius 2 is 1.29 bits per heavy atom. The summed E-state index contributed by atoms with van der Waals surface area (Å²) in [5.74, 6) is 1.51. The second-order valence-electron chi connectivity index (χ2n) is 9.82. The molecule has 0 saturated heterocycles. The van der Waals surface area contributed by atoms with Crippen molar-refractivity contribution in [1.82, 2.24) is 0 Å². The molecule has 166 valence electrons. The quantitative estimate of drug-likeness (QED) is 0.267. The summed E-state index contributed by atoms with van der Waals surface area (Å²) in [6, 6.07) is 13.6. The van der Waals surface area contributed by atoms with Crippen LogP contribution in [0.25, 0.3) is 11.1 Å². The average molecular weight is 479 g/mol. The summed E-state index contributed by atoms with van der Waals surface area (Å²) in [6.07, 6.45) is 12.9. The Labute approximate surface area is 201 Å². The lowest BCUT2D eigenvalue weighted by Gasteiger charge is -2.39. The van der Waals surface area contributed by atoms with Crippen molar-refractivity contribution in [2.45, 2.75) is 97.3 Å². The number of benzene rings is 2. The molecule has 2 heteroatoms. The third-order valence-corrected chi connectivity index (χ3v) is 8.20. The molecule has 2 atom stereocenters. The molecule has 0 nitrogen and oxygen atoms in total. The van der Waals surface area contributed by atoms with E-state index in [1.165, 1.54) is 90.9 Å². The summed E-state index contributed by atoms with van der Waals surface area (Å²) >= 11 is 3.80. The largest absolute Gasteiger partial charge is 0.113 e. The molecule has 0 heterocycles. The summed E-state index contributed by atoms with van der Waals surface area (Å²) in [4.78, 5) is 0. The Morgan fingerprint density at radius 3 is 1.81 bits per heavy atom. The zero-order chi connectivity index (χ0) is 22.4. The van der Waals surface area contributed by atoms with Gasteiger partial charge in [-0.3, -0.25) is 0 Å². The summed E-state index contributed by atoms with van der Waals surface area (Å²) in [7, 11) is 6.39. The van der Waals surface area contributed by atoms with Crippen LogP contribution in [0.15, 0.2) is 40.9 Å². The monoisotopic (exact) mass is 478 g/mol. The van der Waals surface area contributed by atoms with Crippen molar-refractivity contribution < 1.29 is 0 Å². The van der Waals surface area contributed by atoms with Crippen molar-refractivity contribution in [3.05, 3.63) is 52.0 Å². The minimum absolute atomic E-state index is 0.0761. The molecule has 0 bridgehead atoms. The van der Waals surface area contributed by atoms with Gasteiger partial charge in [-0.1, -0.05) is 125 Å². The van der Waals surface area contributed by atoms with Gasteiger partial charge < -0.3 is 0 Å².